The molecule has 32 heavy (non-hydrogen) atoms. The molecule has 0 bridgehead atoms. The van der Waals surface area contributed by atoms with Gasteiger partial charge in [0.2, 0.25) is 0 Å². The van der Waals surface area contributed by atoms with Crippen LogP contribution in [0.3, 0.4) is 0 Å². The van der Waals surface area contributed by atoms with Crippen LogP contribution in [-0.2, 0) is 9.59 Å². The average molecular weight is 513 g/mol. The second-order valence-electron chi connectivity index (χ2n) is 7.73. The van der Waals surface area contributed by atoms with E-state index in [1.165, 1.54) is 17.0 Å². The first-order chi connectivity index (χ1) is 15.2. The van der Waals surface area contributed by atoms with E-state index in [1.807, 2.05) is 32.0 Å². The van der Waals surface area contributed by atoms with Crippen LogP contribution in [0, 0.1) is 13.8 Å². The lowest BCUT2D eigenvalue weighted by Gasteiger charge is -2.26. The van der Waals surface area contributed by atoms with Crippen LogP contribution in [0.2, 0.25) is 5.02 Å². The Hall–Kier alpha value is -3.09. The van der Waals surface area contributed by atoms with E-state index >= 15 is 0 Å². The number of phenols is 1. The lowest BCUT2D eigenvalue weighted by atomic mass is 9.95. The second kappa shape index (κ2) is 8.45. The summed E-state index contributed by atoms with van der Waals surface area (Å²) in [5.41, 5.74) is 3.24. The van der Waals surface area contributed by atoms with E-state index in [1.54, 1.807) is 30.3 Å². The third kappa shape index (κ3) is 3.92. The van der Waals surface area contributed by atoms with Gasteiger partial charge in [-0.15, -0.1) is 0 Å². The maximum atomic E-state index is 13.2. The standard InChI is InChI=1S/C25H19BrClNO4/c1-13-9-14(2)11-18(10-13)28-22(16-5-8-20(29)19(27)12-16)21(24(31)25(28)32)23(30)15-3-6-17(26)7-4-15/h3-12,22,29-30H,1-2H3/b23-21-. The Bertz CT molecular complexity index is 1260. The fourth-order valence-corrected chi connectivity index (χ4v) is 4.41. The fourth-order valence-electron chi connectivity index (χ4n) is 3.96. The summed E-state index contributed by atoms with van der Waals surface area (Å²) < 4.78 is 0.812. The van der Waals surface area contributed by atoms with E-state index in [9.17, 15) is 19.8 Å². The summed E-state index contributed by atoms with van der Waals surface area (Å²) in [7, 11) is 0. The van der Waals surface area contributed by atoms with Gasteiger partial charge in [0.1, 0.15) is 11.5 Å². The number of aliphatic hydroxyl groups excluding tert-OH is 1. The van der Waals surface area contributed by atoms with Crippen molar-refractivity contribution in [2.24, 2.45) is 0 Å². The Balaban J connectivity index is 1.98. The molecule has 4 rings (SSSR count). The molecule has 1 fully saturated rings. The minimum absolute atomic E-state index is 0.0433. The summed E-state index contributed by atoms with van der Waals surface area (Å²) in [5.74, 6) is -1.94. The molecule has 0 saturated carbocycles. The number of nitrogens with zero attached hydrogens (tertiary/aromatic N) is 1. The first-order valence-corrected chi connectivity index (χ1v) is 11.0. The van der Waals surface area contributed by atoms with Gasteiger partial charge in [-0.25, -0.2) is 0 Å². The number of hydrogen-bond acceptors (Lipinski definition) is 4. The molecule has 0 radical (unpaired) electrons. The van der Waals surface area contributed by atoms with Crippen molar-refractivity contribution in [2.75, 3.05) is 4.90 Å². The van der Waals surface area contributed by atoms with Crippen molar-refractivity contribution >= 4 is 50.7 Å². The molecule has 0 aliphatic carbocycles. The Labute approximate surface area is 198 Å². The zero-order valence-corrected chi connectivity index (χ0v) is 19.6. The first kappa shape index (κ1) is 22.1. The third-order valence-corrected chi connectivity index (χ3v) is 6.17. The number of rotatable bonds is 3. The van der Waals surface area contributed by atoms with Crippen LogP contribution in [0.5, 0.6) is 5.75 Å². The first-order valence-electron chi connectivity index (χ1n) is 9.81. The van der Waals surface area contributed by atoms with E-state index < -0.39 is 17.7 Å². The number of aliphatic hydroxyl groups is 1. The molecule has 5 nitrogen and oxygen atoms in total. The maximum absolute atomic E-state index is 13.2. The molecule has 1 heterocycles. The number of carbonyl (C=O) groups excluding carboxylic acids is 2. The van der Waals surface area contributed by atoms with Gasteiger partial charge in [0.25, 0.3) is 11.7 Å². The highest BCUT2D eigenvalue weighted by Crippen LogP contribution is 2.43. The highest BCUT2D eigenvalue weighted by molar-refractivity contribution is 9.10. The van der Waals surface area contributed by atoms with Gasteiger partial charge in [-0.2, -0.15) is 0 Å². The topological polar surface area (TPSA) is 77.8 Å². The highest BCUT2D eigenvalue weighted by atomic mass is 79.9. The number of carbonyl (C=O) groups is 2. The van der Waals surface area contributed by atoms with Crippen LogP contribution in [0.1, 0.15) is 28.3 Å². The van der Waals surface area contributed by atoms with Crippen LogP contribution < -0.4 is 4.90 Å². The molecule has 3 aromatic carbocycles. The largest absolute Gasteiger partial charge is 0.507 e. The molecule has 3 aromatic rings. The molecule has 0 aromatic heterocycles. The van der Waals surface area contributed by atoms with Gasteiger partial charge >= 0.3 is 0 Å². The van der Waals surface area contributed by atoms with Gasteiger partial charge in [-0.05, 0) is 66.9 Å². The van der Waals surface area contributed by atoms with Crippen molar-refractivity contribution in [3.8, 4) is 5.75 Å². The predicted molar refractivity (Wildman–Crippen MR) is 128 cm³/mol. The Morgan fingerprint density at radius 2 is 1.59 bits per heavy atom. The molecule has 162 valence electrons. The van der Waals surface area contributed by atoms with Gasteiger partial charge in [-0.3, -0.25) is 14.5 Å². The monoisotopic (exact) mass is 511 g/mol. The summed E-state index contributed by atoms with van der Waals surface area (Å²) in [4.78, 5) is 27.8. The van der Waals surface area contributed by atoms with Crippen LogP contribution in [-0.4, -0.2) is 21.9 Å². The fraction of sp³-hybridized carbons (Fsp3) is 0.120. The molecule has 0 spiro atoms. The van der Waals surface area contributed by atoms with Crippen molar-refractivity contribution in [3.63, 3.8) is 0 Å². The quantitative estimate of drug-likeness (QED) is 0.254. The summed E-state index contributed by atoms with van der Waals surface area (Å²) in [5, 5.41) is 21.1. The SMILES string of the molecule is Cc1cc(C)cc(N2C(=O)C(=O)/C(=C(\O)c3ccc(Br)cc3)C2c2ccc(O)c(Cl)c2)c1. The number of phenolic OH excluding ortho intramolecular Hbond substituents is 1. The maximum Gasteiger partial charge on any atom is 0.300 e. The number of amides is 1. The molecule has 7 heteroatoms. The van der Waals surface area contributed by atoms with Crippen LogP contribution in [0.15, 0.2) is 70.7 Å². The van der Waals surface area contributed by atoms with Gasteiger partial charge in [0.15, 0.2) is 0 Å². The summed E-state index contributed by atoms with van der Waals surface area (Å²) >= 11 is 9.50. The summed E-state index contributed by atoms with van der Waals surface area (Å²) in [6.45, 7) is 3.81. The molecule has 1 amide bonds. The van der Waals surface area contributed by atoms with Crippen molar-refractivity contribution in [1.82, 2.24) is 0 Å². The third-order valence-electron chi connectivity index (χ3n) is 5.33. The molecule has 1 atom stereocenters. The van der Waals surface area contributed by atoms with Gasteiger partial charge in [0.05, 0.1) is 16.6 Å². The molecule has 1 saturated heterocycles. The number of Topliss-reactive ketones (excluding diaryl/α,β-unsaturated/α-hetero) is 1. The normalized spacial score (nSPS) is 17.8. The van der Waals surface area contributed by atoms with Gasteiger partial charge in [-0.1, -0.05) is 51.8 Å². The highest BCUT2D eigenvalue weighted by Gasteiger charge is 2.47. The van der Waals surface area contributed by atoms with Crippen molar-refractivity contribution in [3.05, 3.63) is 98.0 Å². The van der Waals surface area contributed by atoms with Crippen molar-refractivity contribution in [1.29, 1.82) is 0 Å². The number of anilines is 1. The molecule has 2 N–H and O–H groups in total. The Morgan fingerprint density at radius 3 is 2.19 bits per heavy atom. The number of halogens is 2. The Morgan fingerprint density at radius 1 is 0.969 bits per heavy atom. The van der Waals surface area contributed by atoms with E-state index in [0.717, 1.165) is 15.6 Å². The van der Waals surface area contributed by atoms with E-state index in [2.05, 4.69) is 15.9 Å². The number of hydrogen-bond donors (Lipinski definition) is 2. The van der Waals surface area contributed by atoms with E-state index in [-0.39, 0.29) is 22.1 Å². The van der Waals surface area contributed by atoms with Gasteiger partial charge in [0, 0.05) is 15.7 Å². The number of aryl methyl sites for hydroxylation is 2. The van der Waals surface area contributed by atoms with E-state index in [4.69, 9.17) is 11.6 Å². The number of aromatic hydroxyl groups is 1. The van der Waals surface area contributed by atoms with Crippen molar-refractivity contribution < 1.29 is 19.8 Å². The number of ketones is 1. The zero-order chi connectivity index (χ0) is 23.2. The molecule has 1 unspecified atom stereocenters. The Kier molecular flexibility index (Phi) is 5.84. The molecular weight excluding hydrogens is 494 g/mol. The van der Waals surface area contributed by atoms with Gasteiger partial charge < -0.3 is 10.2 Å². The lowest BCUT2D eigenvalue weighted by molar-refractivity contribution is -0.132. The minimum atomic E-state index is -0.919. The molecule has 1 aliphatic heterocycles. The summed E-state index contributed by atoms with van der Waals surface area (Å²) in [6.07, 6.45) is 0. The van der Waals surface area contributed by atoms with Crippen molar-refractivity contribution in [2.45, 2.75) is 19.9 Å². The van der Waals surface area contributed by atoms with E-state index in [0.29, 0.717) is 16.8 Å². The second-order valence-corrected chi connectivity index (χ2v) is 9.06. The molecule has 1 aliphatic rings. The zero-order valence-electron chi connectivity index (χ0n) is 17.3. The van der Waals surface area contributed by atoms with Crippen LogP contribution in [0.25, 0.3) is 5.76 Å². The minimum Gasteiger partial charge on any atom is -0.507 e. The summed E-state index contributed by atoms with van der Waals surface area (Å²) in [6, 6.07) is 15.9. The van der Waals surface area contributed by atoms with Crippen LogP contribution >= 0.6 is 27.5 Å². The number of benzene rings is 3. The molecular formula is C25H19BrClNO4. The predicted octanol–water partition coefficient (Wildman–Crippen LogP) is 6.05. The smallest absolute Gasteiger partial charge is 0.300 e. The van der Waals surface area contributed by atoms with Crippen LogP contribution in [0.4, 0.5) is 5.69 Å². The average Bonchev–Trinajstić information content (AvgIpc) is 3.00. The lowest BCUT2D eigenvalue weighted by Crippen LogP contribution is -2.29.